The van der Waals surface area contributed by atoms with E-state index in [4.69, 9.17) is 17.3 Å². The molecule has 5 heteroatoms. The Morgan fingerprint density at radius 2 is 2.12 bits per heavy atom. The van der Waals surface area contributed by atoms with Gasteiger partial charge in [0.25, 0.3) is 0 Å². The Balaban J connectivity index is 2.44. The molecule has 0 aliphatic carbocycles. The molecule has 1 heterocycles. The second-order valence-corrected chi connectivity index (χ2v) is 3.91. The van der Waals surface area contributed by atoms with E-state index >= 15 is 0 Å². The molecule has 0 aliphatic rings. The first-order valence-electron chi connectivity index (χ1n) is 5.18. The van der Waals surface area contributed by atoms with E-state index in [1.807, 2.05) is 18.2 Å². The Bertz CT molecular complexity index is 492. The minimum Gasteiger partial charge on any atom is -0.368 e. The van der Waals surface area contributed by atoms with Crippen LogP contribution in [0.2, 0.25) is 5.02 Å². The lowest BCUT2D eigenvalue weighted by Crippen LogP contribution is -2.02. The number of hydrogen-bond acceptors (Lipinski definition) is 3. The number of para-hydroxylation sites is 1. The summed E-state index contributed by atoms with van der Waals surface area (Å²) in [6, 6.07) is 7.42. The average Bonchev–Trinajstić information content (AvgIpc) is 2.61. The highest BCUT2D eigenvalue weighted by Gasteiger charge is 2.10. The zero-order valence-corrected chi connectivity index (χ0v) is 9.78. The van der Waals surface area contributed by atoms with Crippen LogP contribution in [0.3, 0.4) is 0 Å². The maximum absolute atomic E-state index is 6.07. The Morgan fingerprint density at radius 3 is 2.81 bits per heavy atom. The first-order chi connectivity index (χ1) is 7.72. The number of aryl methyl sites for hydroxylation is 1. The van der Waals surface area contributed by atoms with Gasteiger partial charge in [-0.15, -0.1) is 5.10 Å². The SMILES string of the molecule is CCCc1nc(N)n(-c2ccccc2Cl)n1. The predicted molar refractivity (Wildman–Crippen MR) is 64.8 cm³/mol. The molecular formula is C11H13ClN4. The highest BCUT2D eigenvalue weighted by atomic mass is 35.5. The van der Waals surface area contributed by atoms with Crippen molar-refractivity contribution in [2.75, 3.05) is 5.73 Å². The molecular weight excluding hydrogens is 224 g/mol. The lowest BCUT2D eigenvalue weighted by molar-refractivity contribution is 0.801. The van der Waals surface area contributed by atoms with Gasteiger partial charge >= 0.3 is 0 Å². The number of halogens is 1. The molecule has 0 bridgehead atoms. The van der Waals surface area contributed by atoms with Crippen molar-refractivity contribution < 1.29 is 0 Å². The zero-order valence-electron chi connectivity index (χ0n) is 9.02. The van der Waals surface area contributed by atoms with Crippen LogP contribution in [-0.4, -0.2) is 14.8 Å². The fourth-order valence-corrected chi connectivity index (χ4v) is 1.71. The van der Waals surface area contributed by atoms with Crippen LogP contribution in [0, 0.1) is 0 Å². The van der Waals surface area contributed by atoms with Gasteiger partial charge in [-0.2, -0.15) is 9.67 Å². The molecule has 1 aromatic heterocycles. The number of rotatable bonds is 3. The Labute approximate surface area is 99.1 Å². The van der Waals surface area contributed by atoms with E-state index in [9.17, 15) is 0 Å². The van der Waals surface area contributed by atoms with Crippen LogP contribution in [0.4, 0.5) is 5.95 Å². The van der Waals surface area contributed by atoms with Gasteiger partial charge in [0.05, 0.1) is 10.7 Å². The van der Waals surface area contributed by atoms with Crippen molar-refractivity contribution in [2.24, 2.45) is 0 Å². The Morgan fingerprint density at radius 1 is 1.38 bits per heavy atom. The van der Waals surface area contributed by atoms with E-state index in [0.29, 0.717) is 11.0 Å². The molecule has 2 N–H and O–H groups in total. The Hall–Kier alpha value is -1.55. The normalized spacial score (nSPS) is 10.6. The van der Waals surface area contributed by atoms with Gasteiger partial charge < -0.3 is 5.73 Å². The molecule has 2 rings (SSSR count). The minimum absolute atomic E-state index is 0.372. The standard InChI is InChI=1S/C11H13ClN4/c1-2-5-10-14-11(13)16(15-10)9-7-4-3-6-8(9)12/h3-4,6-7H,2,5H2,1H3,(H2,13,14,15). The molecule has 0 saturated heterocycles. The summed E-state index contributed by atoms with van der Waals surface area (Å²) in [5.41, 5.74) is 6.56. The molecule has 0 amide bonds. The molecule has 0 aliphatic heterocycles. The number of nitrogens with zero attached hydrogens (tertiary/aromatic N) is 3. The summed E-state index contributed by atoms with van der Waals surface area (Å²) in [5.74, 6) is 1.12. The molecule has 0 unspecified atom stereocenters. The fraction of sp³-hybridized carbons (Fsp3) is 0.273. The summed E-state index contributed by atoms with van der Waals surface area (Å²) >= 11 is 6.07. The van der Waals surface area contributed by atoms with E-state index < -0.39 is 0 Å². The maximum atomic E-state index is 6.07. The van der Waals surface area contributed by atoms with Gasteiger partial charge in [0.2, 0.25) is 5.95 Å². The molecule has 0 radical (unpaired) electrons. The van der Waals surface area contributed by atoms with Crippen molar-refractivity contribution in [1.29, 1.82) is 0 Å². The van der Waals surface area contributed by atoms with Gasteiger partial charge in [0.15, 0.2) is 5.82 Å². The monoisotopic (exact) mass is 236 g/mol. The van der Waals surface area contributed by atoms with Crippen LogP contribution < -0.4 is 5.73 Å². The van der Waals surface area contributed by atoms with E-state index in [0.717, 1.165) is 24.4 Å². The smallest absolute Gasteiger partial charge is 0.223 e. The number of benzene rings is 1. The molecule has 0 spiro atoms. The topological polar surface area (TPSA) is 56.7 Å². The van der Waals surface area contributed by atoms with Gasteiger partial charge in [-0.1, -0.05) is 30.7 Å². The summed E-state index contributed by atoms with van der Waals surface area (Å²) in [4.78, 5) is 4.19. The van der Waals surface area contributed by atoms with Crippen molar-refractivity contribution in [3.63, 3.8) is 0 Å². The van der Waals surface area contributed by atoms with Crippen molar-refractivity contribution in [3.8, 4) is 5.69 Å². The number of nitrogens with two attached hydrogens (primary N) is 1. The van der Waals surface area contributed by atoms with Gasteiger partial charge in [0, 0.05) is 6.42 Å². The van der Waals surface area contributed by atoms with Crippen LogP contribution in [0.1, 0.15) is 19.2 Å². The van der Waals surface area contributed by atoms with Gasteiger partial charge in [-0.3, -0.25) is 0 Å². The van der Waals surface area contributed by atoms with E-state index in [2.05, 4.69) is 17.0 Å². The highest BCUT2D eigenvalue weighted by Crippen LogP contribution is 2.21. The van der Waals surface area contributed by atoms with E-state index in [1.54, 1.807) is 10.7 Å². The molecule has 0 fully saturated rings. The third-order valence-electron chi connectivity index (χ3n) is 2.23. The summed E-state index contributed by atoms with van der Waals surface area (Å²) in [6.45, 7) is 2.08. The van der Waals surface area contributed by atoms with Gasteiger partial charge in [-0.25, -0.2) is 0 Å². The average molecular weight is 237 g/mol. The fourth-order valence-electron chi connectivity index (χ4n) is 1.50. The van der Waals surface area contributed by atoms with Gasteiger partial charge in [-0.05, 0) is 18.6 Å². The summed E-state index contributed by atoms with van der Waals surface area (Å²) in [6.07, 6.45) is 1.81. The van der Waals surface area contributed by atoms with Crippen LogP contribution in [0.5, 0.6) is 0 Å². The Kier molecular flexibility index (Phi) is 3.10. The van der Waals surface area contributed by atoms with Crippen molar-refractivity contribution >= 4 is 17.5 Å². The number of nitrogen functional groups attached to an aromatic ring is 1. The van der Waals surface area contributed by atoms with Crippen LogP contribution >= 0.6 is 11.6 Å². The third-order valence-corrected chi connectivity index (χ3v) is 2.55. The second-order valence-electron chi connectivity index (χ2n) is 3.50. The summed E-state index contributed by atoms with van der Waals surface area (Å²) in [7, 11) is 0. The first-order valence-corrected chi connectivity index (χ1v) is 5.56. The van der Waals surface area contributed by atoms with E-state index in [1.165, 1.54) is 0 Å². The number of aromatic nitrogens is 3. The van der Waals surface area contributed by atoms with Crippen LogP contribution in [-0.2, 0) is 6.42 Å². The first kappa shape index (κ1) is 11.0. The van der Waals surface area contributed by atoms with Crippen LogP contribution in [0.15, 0.2) is 24.3 Å². The predicted octanol–water partition coefficient (Wildman–Crippen LogP) is 2.46. The number of hydrogen-bond donors (Lipinski definition) is 1. The largest absolute Gasteiger partial charge is 0.368 e. The quantitative estimate of drug-likeness (QED) is 0.891. The number of anilines is 1. The summed E-state index contributed by atoms with van der Waals surface area (Å²) < 4.78 is 1.58. The molecule has 0 atom stereocenters. The van der Waals surface area contributed by atoms with Crippen LogP contribution in [0.25, 0.3) is 5.69 Å². The summed E-state index contributed by atoms with van der Waals surface area (Å²) in [5, 5.41) is 4.94. The zero-order chi connectivity index (χ0) is 11.5. The second kappa shape index (κ2) is 4.53. The van der Waals surface area contributed by atoms with Gasteiger partial charge in [0.1, 0.15) is 0 Å². The van der Waals surface area contributed by atoms with Crippen molar-refractivity contribution in [3.05, 3.63) is 35.1 Å². The highest BCUT2D eigenvalue weighted by molar-refractivity contribution is 6.32. The van der Waals surface area contributed by atoms with Crippen molar-refractivity contribution in [2.45, 2.75) is 19.8 Å². The minimum atomic E-state index is 0.372. The molecule has 84 valence electrons. The molecule has 0 saturated carbocycles. The lowest BCUT2D eigenvalue weighted by atomic mass is 10.3. The molecule has 2 aromatic rings. The third kappa shape index (κ3) is 2.02. The lowest BCUT2D eigenvalue weighted by Gasteiger charge is -2.03. The molecule has 1 aromatic carbocycles. The van der Waals surface area contributed by atoms with E-state index in [-0.39, 0.29) is 0 Å². The molecule has 16 heavy (non-hydrogen) atoms. The molecule has 4 nitrogen and oxygen atoms in total. The van der Waals surface area contributed by atoms with Crippen molar-refractivity contribution in [1.82, 2.24) is 14.8 Å². The maximum Gasteiger partial charge on any atom is 0.223 e.